The summed E-state index contributed by atoms with van der Waals surface area (Å²) in [5, 5.41) is 2.87. The normalized spacial score (nSPS) is 16.2. The second-order valence-corrected chi connectivity index (χ2v) is 7.71. The van der Waals surface area contributed by atoms with Crippen LogP contribution in [0.3, 0.4) is 0 Å². The van der Waals surface area contributed by atoms with Crippen LogP contribution < -0.4 is 5.32 Å². The number of likely N-dealkylation sites (tertiary alicyclic amines) is 1. The van der Waals surface area contributed by atoms with Crippen LogP contribution in [0.5, 0.6) is 0 Å². The second-order valence-electron chi connectivity index (χ2n) is 7.71. The van der Waals surface area contributed by atoms with Crippen LogP contribution in [-0.4, -0.2) is 53.7 Å². The minimum absolute atomic E-state index is 0.142. The first-order valence-electron chi connectivity index (χ1n) is 10.3. The molecule has 0 radical (unpaired) electrons. The van der Waals surface area contributed by atoms with Gasteiger partial charge < -0.3 is 10.2 Å². The van der Waals surface area contributed by atoms with Gasteiger partial charge in [0.15, 0.2) is 0 Å². The van der Waals surface area contributed by atoms with Crippen LogP contribution in [0.2, 0.25) is 0 Å². The first kappa shape index (κ1) is 20.2. The van der Waals surface area contributed by atoms with Crippen LogP contribution in [0.15, 0.2) is 42.5 Å². The Labute approximate surface area is 174 Å². The van der Waals surface area contributed by atoms with Crippen LogP contribution in [0.1, 0.15) is 55.9 Å². The summed E-state index contributed by atoms with van der Waals surface area (Å²) in [4.78, 5) is 41.2. The molecule has 0 aliphatic carbocycles. The molecule has 2 aromatic rings. The van der Waals surface area contributed by atoms with Crippen molar-refractivity contribution >= 4 is 17.7 Å². The van der Waals surface area contributed by atoms with Crippen LogP contribution in [0.25, 0.3) is 0 Å². The molecule has 2 heterocycles. The van der Waals surface area contributed by atoms with E-state index in [0.717, 1.165) is 31.0 Å². The summed E-state index contributed by atoms with van der Waals surface area (Å²) in [5.41, 5.74) is 1.02. The second kappa shape index (κ2) is 8.75. The van der Waals surface area contributed by atoms with Crippen LogP contribution in [0, 0.1) is 5.82 Å². The molecule has 0 unspecified atom stereocenters. The zero-order valence-electron chi connectivity index (χ0n) is 16.7. The maximum atomic E-state index is 13.9. The molecule has 0 saturated carbocycles. The lowest BCUT2D eigenvalue weighted by atomic mass is 10.1. The zero-order valence-corrected chi connectivity index (χ0v) is 16.7. The summed E-state index contributed by atoms with van der Waals surface area (Å²) >= 11 is 0. The molecular formula is C23H24FN3O3. The highest BCUT2D eigenvalue weighted by molar-refractivity contribution is 6.22. The Hall–Kier alpha value is -3.06. The summed E-state index contributed by atoms with van der Waals surface area (Å²) in [5.74, 6) is -1.73. The van der Waals surface area contributed by atoms with Gasteiger partial charge in [-0.05, 0) is 63.2 Å². The van der Waals surface area contributed by atoms with Crippen molar-refractivity contribution in [2.24, 2.45) is 0 Å². The molecule has 0 spiro atoms. The maximum absolute atomic E-state index is 13.9. The number of carbonyl (C=O) groups is 3. The number of benzene rings is 2. The van der Waals surface area contributed by atoms with E-state index in [4.69, 9.17) is 0 Å². The van der Waals surface area contributed by atoms with E-state index in [1.165, 1.54) is 31.0 Å². The summed E-state index contributed by atoms with van der Waals surface area (Å²) in [6.07, 6.45) is 3.34. The van der Waals surface area contributed by atoms with Crippen LogP contribution in [0.4, 0.5) is 4.39 Å². The van der Waals surface area contributed by atoms with Gasteiger partial charge in [-0.25, -0.2) is 4.39 Å². The Balaban J connectivity index is 1.39. The summed E-state index contributed by atoms with van der Waals surface area (Å²) in [6.45, 7) is 3.62. The molecule has 7 heteroatoms. The molecule has 30 heavy (non-hydrogen) atoms. The number of fused-ring (bicyclic) bond motifs is 1. The summed E-state index contributed by atoms with van der Waals surface area (Å²) in [7, 11) is 0. The molecule has 2 aromatic carbocycles. The van der Waals surface area contributed by atoms with Crippen molar-refractivity contribution in [1.29, 1.82) is 0 Å². The van der Waals surface area contributed by atoms with Crippen molar-refractivity contribution in [2.45, 2.75) is 25.8 Å². The average molecular weight is 409 g/mol. The Morgan fingerprint density at radius 3 is 2.50 bits per heavy atom. The molecule has 2 aliphatic heterocycles. The van der Waals surface area contributed by atoms with E-state index in [0.29, 0.717) is 12.1 Å². The zero-order chi connectivity index (χ0) is 21.1. The number of hydrogen-bond donors (Lipinski definition) is 1. The van der Waals surface area contributed by atoms with E-state index in [1.807, 2.05) is 0 Å². The topological polar surface area (TPSA) is 69.7 Å². The number of hydrogen-bond acceptors (Lipinski definition) is 4. The fraction of sp³-hybridized carbons (Fsp3) is 0.348. The average Bonchev–Trinajstić information content (AvgIpc) is 3.35. The highest BCUT2D eigenvalue weighted by Crippen LogP contribution is 2.26. The first-order valence-corrected chi connectivity index (χ1v) is 10.3. The van der Waals surface area contributed by atoms with Gasteiger partial charge in [-0.15, -0.1) is 0 Å². The highest BCUT2D eigenvalue weighted by Gasteiger charge is 2.36. The van der Waals surface area contributed by atoms with Gasteiger partial charge >= 0.3 is 0 Å². The molecule has 0 bridgehead atoms. The van der Waals surface area contributed by atoms with Crippen molar-refractivity contribution < 1.29 is 18.8 Å². The van der Waals surface area contributed by atoms with Gasteiger partial charge in [-0.3, -0.25) is 19.3 Å². The quantitative estimate of drug-likeness (QED) is 0.564. The minimum Gasteiger partial charge on any atom is -0.352 e. The van der Waals surface area contributed by atoms with Gasteiger partial charge in [-0.1, -0.05) is 18.2 Å². The van der Waals surface area contributed by atoms with E-state index in [-0.39, 0.29) is 29.1 Å². The Kier molecular flexibility index (Phi) is 5.90. The third-order valence-corrected chi connectivity index (χ3v) is 5.65. The fourth-order valence-electron chi connectivity index (χ4n) is 3.99. The molecule has 4 rings (SSSR count). The van der Waals surface area contributed by atoms with Gasteiger partial charge in [0, 0.05) is 17.7 Å². The number of nitrogens with one attached hydrogen (secondary N) is 1. The number of amides is 3. The van der Waals surface area contributed by atoms with E-state index < -0.39 is 17.6 Å². The maximum Gasteiger partial charge on any atom is 0.261 e. The molecular weight excluding hydrogens is 385 g/mol. The van der Waals surface area contributed by atoms with Crippen molar-refractivity contribution in [3.05, 3.63) is 70.5 Å². The third-order valence-electron chi connectivity index (χ3n) is 5.65. The van der Waals surface area contributed by atoms with Crippen molar-refractivity contribution in [2.75, 3.05) is 26.2 Å². The highest BCUT2D eigenvalue weighted by atomic mass is 19.1. The van der Waals surface area contributed by atoms with Crippen molar-refractivity contribution in [3.8, 4) is 0 Å². The predicted molar refractivity (Wildman–Crippen MR) is 110 cm³/mol. The molecule has 3 amide bonds. The van der Waals surface area contributed by atoms with E-state index in [2.05, 4.69) is 10.2 Å². The van der Waals surface area contributed by atoms with Gasteiger partial charge in [0.1, 0.15) is 5.82 Å². The standard InChI is InChI=1S/C23H24FN3O3/c24-20-7-2-1-6-17(20)15-27-22(29)18-9-8-16(14-19(18)23(27)30)21(28)25-10-5-13-26-11-3-4-12-26/h1-2,6-9,14H,3-5,10-13,15H2,(H,25,28). The lowest BCUT2D eigenvalue weighted by Crippen LogP contribution is -2.29. The Morgan fingerprint density at radius 1 is 1.00 bits per heavy atom. The van der Waals surface area contributed by atoms with Gasteiger partial charge in [0.05, 0.1) is 17.7 Å². The van der Waals surface area contributed by atoms with E-state index in [1.54, 1.807) is 24.3 Å². The lowest BCUT2D eigenvalue weighted by molar-refractivity contribution is 0.0641. The third kappa shape index (κ3) is 4.11. The van der Waals surface area contributed by atoms with Gasteiger partial charge in [-0.2, -0.15) is 0 Å². The lowest BCUT2D eigenvalue weighted by Gasteiger charge is -2.14. The van der Waals surface area contributed by atoms with Gasteiger partial charge in [0.2, 0.25) is 0 Å². The van der Waals surface area contributed by atoms with E-state index in [9.17, 15) is 18.8 Å². The molecule has 1 N–H and O–H groups in total. The predicted octanol–water partition coefficient (Wildman–Crippen LogP) is 2.84. The summed E-state index contributed by atoms with van der Waals surface area (Å²) in [6, 6.07) is 10.5. The van der Waals surface area contributed by atoms with E-state index >= 15 is 0 Å². The number of nitrogens with zero attached hydrogens (tertiary/aromatic N) is 2. The first-order chi connectivity index (χ1) is 14.5. The number of halogens is 1. The van der Waals surface area contributed by atoms with Gasteiger partial charge in [0.25, 0.3) is 17.7 Å². The number of imide groups is 1. The van der Waals surface area contributed by atoms with Crippen molar-refractivity contribution in [1.82, 2.24) is 15.1 Å². The fourth-order valence-corrected chi connectivity index (χ4v) is 3.99. The van der Waals surface area contributed by atoms with Crippen LogP contribution >= 0.6 is 0 Å². The molecule has 6 nitrogen and oxygen atoms in total. The SMILES string of the molecule is O=C(NCCCN1CCCC1)c1ccc2c(c1)C(=O)N(Cc1ccccc1F)C2=O. The Bertz CT molecular complexity index is 985. The van der Waals surface area contributed by atoms with Crippen LogP contribution in [-0.2, 0) is 6.54 Å². The molecule has 0 aromatic heterocycles. The Morgan fingerprint density at radius 2 is 1.73 bits per heavy atom. The molecule has 0 atom stereocenters. The minimum atomic E-state index is -0.512. The largest absolute Gasteiger partial charge is 0.352 e. The number of rotatable bonds is 7. The monoisotopic (exact) mass is 409 g/mol. The molecule has 1 saturated heterocycles. The molecule has 156 valence electrons. The summed E-state index contributed by atoms with van der Waals surface area (Å²) < 4.78 is 13.9. The number of carbonyl (C=O) groups excluding carboxylic acids is 3. The smallest absolute Gasteiger partial charge is 0.261 e. The van der Waals surface area contributed by atoms with Crippen molar-refractivity contribution in [3.63, 3.8) is 0 Å². The molecule has 2 aliphatic rings. The molecule has 1 fully saturated rings.